The summed E-state index contributed by atoms with van der Waals surface area (Å²) in [5.74, 6) is -2.88. The van der Waals surface area contributed by atoms with Crippen LogP contribution < -0.4 is 16.6 Å². The second kappa shape index (κ2) is 6.12. The summed E-state index contributed by atoms with van der Waals surface area (Å²) in [6.07, 6.45) is -0.302. The molecule has 2 rings (SSSR count). The molecule has 1 saturated heterocycles. The molecule has 1 aliphatic heterocycles. The van der Waals surface area contributed by atoms with Crippen molar-refractivity contribution in [1.82, 2.24) is 14.9 Å². The van der Waals surface area contributed by atoms with Crippen LogP contribution in [0.2, 0.25) is 0 Å². The van der Waals surface area contributed by atoms with Gasteiger partial charge in [-0.25, -0.2) is 9.59 Å². The molecule has 0 saturated carbocycles. The van der Waals surface area contributed by atoms with Crippen molar-refractivity contribution in [1.29, 1.82) is 0 Å². The molecule has 0 bridgehead atoms. The van der Waals surface area contributed by atoms with Gasteiger partial charge >= 0.3 is 17.6 Å². The Kier molecular flexibility index (Phi) is 4.43. The van der Waals surface area contributed by atoms with Crippen LogP contribution in [0, 0.1) is 6.92 Å². The van der Waals surface area contributed by atoms with E-state index in [-0.39, 0.29) is 6.42 Å². The topological polar surface area (TPSA) is 151 Å². The lowest BCUT2D eigenvalue weighted by atomic mass is 10.1. The number of carboxylic acid groups (broad SMARTS) is 1. The van der Waals surface area contributed by atoms with Gasteiger partial charge in [-0.2, -0.15) is 0 Å². The Bertz CT molecular complexity index is 707. The number of carboxylic acids is 1. The number of aliphatic carboxylic acids is 1. The van der Waals surface area contributed by atoms with E-state index in [9.17, 15) is 24.3 Å². The molecule has 4 N–H and O–H groups in total. The van der Waals surface area contributed by atoms with Crippen LogP contribution >= 0.6 is 0 Å². The van der Waals surface area contributed by atoms with E-state index in [1.807, 2.05) is 0 Å². The van der Waals surface area contributed by atoms with E-state index in [1.54, 1.807) is 0 Å². The molecule has 120 valence electrons. The number of aryl methyl sites for hydroxylation is 1. The van der Waals surface area contributed by atoms with Crippen molar-refractivity contribution >= 4 is 11.9 Å². The molecular weight excluding hydrogens is 298 g/mol. The Morgan fingerprint density at radius 3 is 2.77 bits per heavy atom. The maximum Gasteiger partial charge on any atom is 0.394 e. The monoisotopic (exact) mass is 313 g/mol. The third kappa shape index (κ3) is 3.07. The molecule has 22 heavy (non-hydrogen) atoms. The number of rotatable bonds is 3. The third-order valence-electron chi connectivity index (χ3n) is 3.38. The van der Waals surface area contributed by atoms with Gasteiger partial charge in [-0.3, -0.25) is 19.1 Å². The Morgan fingerprint density at radius 2 is 2.18 bits per heavy atom. The largest absolute Gasteiger partial charge is 0.474 e. The molecule has 1 fully saturated rings. The first kappa shape index (κ1) is 15.9. The number of nitrogens with zero attached hydrogens (tertiary/aromatic N) is 1. The number of ether oxygens (including phenoxy) is 1. The molecule has 0 aliphatic carbocycles. The van der Waals surface area contributed by atoms with Crippen molar-refractivity contribution in [3.63, 3.8) is 0 Å². The first-order valence-corrected chi connectivity index (χ1v) is 6.45. The molecule has 10 nitrogen and oxygen atoms in total. The second-order valence-electron chi connectivity index (χ2n) is 4.91. The van der Waals surface area contributed by atoms with Gasteiger partial charge in [-0.1, -0.05) is 0 Å². The van der Waals surface area contributed by atoms with Crippen molar-refractivity contribution in [3.05, 3.63) is 32.6 Å². The predicted octanol–water partition coefficient (Wildman–Crippen LogP) is -2.31. The van der Waals surface area contributed by atoms with Gasteiger partial charge in [0.1, 0.15) is 12.3 Å². The molecular formula is C12H15N3O7. The summed E-state index contributed by atoms with van der Waals surface area (Å²) in [5.41, 5.74) is -0.919. The molecule has 1 aromatic rings. The number of hydrogen-bond acceptors (Lipinski definition) is 6. The lowest BCUT2D eigenvalue weighted by Crippen LogP contribution is -2.44. The predicted molar refractivity (Wildman–Crippen MR) is 71.2 cm³/mol. The Morgan fingerprint density at radius 1 is 1.50 bits per heavy atom. The van der Waals surface area contributed by atoms with Crippen molar-refractivity contribution in [3.8, 4) is 0 Å². The minimum absolute atomic E-state index is 0.0790. The fraction of sp³-hybridized carbons (Fsp3) is 0.500. The third-order valence-corrected chi connectivity index (χ3v) is 3.38. The highest BCUT2D eigenvalue weighted by atomic mass is 16.5. The van der Waals surface area contributed by atoms with Crippen LogP contribution in [0.1, 0.15) is 18.2 Å². The van der Waals surface area contributed by atoms with E-state index >= 15 is 0 Å². The van der Waals surface area contributed by atoms with Gasteiger partial charge < -0.3 is 20.3 Å². The maximum atomic E-state index is 11.8. The number of amides is 1. The number of H-pyrrole nitrogens is 1. The number of aromatic nitrogens is 2. The van der Waals surface area contributed by atoms with Gasteiger partial charge in [0.2, 0.25) is 0 Å². The van der Waals surface area contributed by atoms with Crippen molar-refractivity contribution < 1.29 is 24.5 Å². The Labute approximate surface area is 123 Å². The van der Waals surface area contributed by atoms with E-state index in [4.69, 9.17) is 9.84 Å². The summed E-state index contributed by atoms with van der Waals surface area (Å²) in [4.78, 5) is 47.0. The van der Waals surface area contributed by atoms with Gasteiger partial charge in [0.05, 0.1) is 12.6 Å². The molecule has 0 unspecified atom stereocenters. The highest BCUT2D eigenvalue weighted by Gasteiger charge is 2.38. The molecule has 10 heteroatoms. The first-order valence-electron chi connectivity index (χ1n) is 6.45. The average molecular weight is 313 g/mol. The lowest BCUT2D eigenvalue weighted by molar-refractivity contribution is -0.150. The van der Waals surface area contributed by atoms with Crippen LogP contribution in [-0.2, 0) is 14.3 Å². The van der Waals surface area contributed by atoms with Crippen molar-refractivity contribution in [2.75, 3.05) is 6.61 Å². The zero-order valence-electron chi connectivity index (χ0n) is 11.6. The molecule has 0 aromatic carbocycles. The molecule has 1 aromatic heterocycles. The summed E-state index contributed by atoms with van der Waals surface area (Å²) < 4.78 is 6.58. The molecule has 0 spiro atoms. The number of nitrogens with one attached hydrogen (secondary N) is 2. The van der Waals surface area contributed by atoms with Gasteiger partial charge in [0, 0.05) is 18.2 Å². The molecule has 3 atom stereocenters. The van der Waals surface area contributed by atoms with Gasteiger partial charge in [0.25, 0.3) is 5.56 Å². The van der Waals surface area contributed by atoms with E-state index in [2.05, 4.69) is 10.3 Å². The van der Waals surface area contributed by atoms with E-state index in [1.165, 1.54) is 13.1 Å². The zero-order valence-corrected chi connectivity index (χ0v) is 11.6. The number of aromatic amines is 1. The number of carbonyl (C=O) groups is 2. The van der Waals surface area contributed by atoms with E-state index in [0.717, 1.165) is 4.57 Å². The number of aliphatic hydroxyl groups excluding tert-OH is 1. The lowest BCUT2D eigenvalue weighted by Gasteiger charge is -2.16. The van der Waals surface area contributed by atoms with E-state index in [0.29, 0.717) is 5.56 Å². The number of carbonyl (C=O) groups excluding carboxylic acids is 1. The minimum atomic E-state index is -1.66. The first-order chi connectivity index (χ1) is 10.3. The minimum Gasteiger partial charge on any atom is -0.474 e. The van der Waals surface area contributed by atoms with Crippen LogP contribution in [0.4, 0.5) is 0 Å². The van der Waals surface area contributed by atoms with E-state index < -0.39 is 48.1 Å². The fourth-order valence-electron chi connectivity index (χ4n) is 2.25. The van der Waals surface area contributed by atoms with Crippen LogP contribution in [0.25, 0.3) is 0 Å². The number of hydrogen-bond donors (Lipinski definition) is 4. The van der Waals surface area contributed by atoms with Gasteiger partial charge in [-0.05, 0) is 6.92 Å². The Balaban J connectivity index is 2.23. The summed E-state index contributed by atoms with van der Waals surface area (Å²) in [7, 11) is 0. The van der Waals surface area contributed by atoms with Crippen molar-refractivity contribution in [2.45, 2.75) is 31.7 Å². The fourth-order valence-corrected chi connectivity index (χ4v) is 2.25. The van der Waals surface area contributed by atoms with Crippen molar-refractivity contribution in [2.24, 2.45) is 0 Å². The number of aliphatic hydroxyl groups is 1. The maximum absolute atomic E-state index is 11.8. The molecule has 2 heterocycles. The Hall–Kier alpha value is -2.46. The van der Waals surface area contributed by atoms with Crippen LogP contribution in [0.5, 0.6) is 0 Å². The average Bonchev–Trinajstić information content (AvgIpc) is 2.85. The highest BCUT2D eigenvalue weighted by molar-refractivity contribution is 6.31. The molecule has 1 aliphatic rings. The summed E-state index contributed by atoms with van der Waals surface area (Å²) in [6, 6.07) is -0.766. The highest BCUT2D eigenvalue weighted by Crippen LogP contribution is 2.27. The van der Waals surface area contributed by atoms with Crippen LogP contribution in [0.15, 0.2) is 15.8 Å². The van der Waals surface area contributed by atoms with Crippen LogP contribution in [-0.4, -0.2) is 50.4 Å². The SMILES string of the molecule is Cc1cn([C@H]2C[C@H](NC(=O)C(=O)O)[C@@H](CO)O2)c(=O)[nH]c1=O. The van der Waals surface area contributed by atoms with Gasteiger partial charge in [-0.15, -0.1) is 0 Å². The molecule has 0 radical (unpaired) electrons. The summed E-state index contributed by atoms with van der Waals surface area (Å²) in [6.45, 7) is 1.05. The zero-order chi connectivity index (χ0) is 16.4. The quantitative estimate of drug-likeness (QED) is 0.458. The second-order valence-corrected chi connectivity index (χ2v) is 4.91. The smallest absolute Gasteiger partial charge is 0.394 e. The summed E-state index contributed by atoms with van der Waals surface area (Å²) in [5, 5.41) is 20.1. The summed E-state index contributed by atoms with van der Waals surface area (Å²) >= 11 is 0. The normalized spacial score (nSPS) is 24.2. The van der Waals surface area contributed by atoms with Crippen LogP contribution in [0.3, 0.4) is 0 Å². The standard InChI is InChI=1S/C12H15N3O7/c1-5-3-15(12(21)14-9(5)17)8-2-6(7(4-16)22-8)13-10(18)11(19)20/h3,6-8,16H,2,4H2,1H3,(H,13,18)(H,19,20)(H,14,17,21)/t6-,7+,8+/m0/s1. The molecule has 1 amide bonds. The van der Waals surface area contributed by atoms with Gasteiger partial charge in [0.15, 0.2) is 0 Å².